The standard InChI is InChI=1S/C8H14FN/c1-4-7(6-10-3)8(9)5-2/h4-5,10H,6H2,1-3H3/b7-4-,8-5+. The molecule has 0 aliphatic heterocycles. The Morgan fingerprint density at radius 2 is 2.00 bits per heavy atom. The van der Waals surface area contributed by atoms with Crippen molar-refractivity contribution < 1.29 is 4.39 Å². The van der Waals surface area contributed by atoms with Crippen molar-refractivity contribution >= 4 is 0 Å². The topological polar surface area (TPSA) is 12.0 Å². The minimum absolute atomic E-state index is 0.142. The first-order chi connectivity index (χ1) is 4.76. The van der Waals surface area contributed by atoms with Crippen LogP contribution in [-0.4, -0.2) is 13.6 Å². The summed E-state index contributed by atoms with van der Waals surface area (Å²) in [4.78, 5) is 0. The van der Waals surface area contributed by atoms with Crippen molar-refractivity contribution in [3.63, 3.8) is 0 Å². The zero-order chi connectivity index (χ0) is 7.98. The van der Waals surface area contributed by atoms with Gasteiger partial charge in [0.1, 0.15) is 5.83 Å². The minimum atomic E-state index is -0.142. The molecule has 0 saturated carbocycles. The molecule has 0 aliphatic carbocycles. The number of hydrogen-bond donors (Lipinski definition) is 1. The number of hydrogen-bond acceptors (Lipinski definition) is 1. The van der Waals surface area contributed by atoms with Crippen LogP contribution in [0, 0.1) is 0 Å². The van der Waals surface area contributed by atoms with E-state index in [-0.39, 0.29) is 5.83 Å². The molecule has 2 heteroatoms. The summed E-state index contributed by atoms with van der Waals surface area (Å²) in [6.07, 6.45) is 3.23. The summed E-state index contributed by atoms with van der Waals surface area (Å²) >= 11 is 0. The van der Waals surface area contributed by atoms with E-state index in [1.165, 1.54) is 6.08 Å². The van der Waals surface area contributed by atoms with Gasteiger partial charge in [-0.25, -0.2) is 4.39 Å². The van der Waals surface area contributed by atoms with Crippen molar-refractivity contribution in [3.05, 3.63) is 23.6 Å². The van der Waals surface area contributed by atoms with Crippen molar-refractivity contribution in [1.82, 2.24) is 5.32 Å². The third-order valence-corrected chi connectivity index (χ3v) is 1.28. The molecule has 0 bridgehead atoms. The van der Waals surface area contributed by atoms with Crippen LogP contribution in [0.4, 0.5) is 4.39 Å². The Morgan fingerprint density at radius 3 is 2.30 bits per heavy atom. The van der Waals surface area contributed by atoms with E-state index in [2.05, 4.69) is 5.32 Å². The largest absolute Gasteiger partial charge is 0.316 e. The maximum absolute atomic E-state index is 12.7. The van der Waals surface area contributed by atoms with Crippen LogP contribution in [-0.2, 0) is 0 Å². The maximum Gasteiger partial charge on any atom is 0.123 e. The van der Waals surface area contributed by atoms with Crippen molar-refractivity contribution in [2.45, 2.75) is 13.8 Å². The zero-order valence-electron chi connectivity index (χ0n) is 6.74. The molecule has 0 aromatic carbocycles. The fraction of sp³-hybridized carbons (Fsp3) is 0.500. The molecular weight excluding hydrogens is 129 g/mol. The van der Waals surface area contributed by atoms with Crippen LogP contribution in [0.5, 0.6) is 0 Å². The molecular formula is C8H14FN. The van der Waals surface area contributed by atoms with Crippen LogP contribution in [0.25, 0.3) is 0 Å². The highest BCUT2D eigenvalue weighted by molar-refractivity contribution is 5.25. The molecule has 0 spiro atoms. The predicted octanol–water partition coefficient (Wildman–Crippen LogP) is 2.03. The number of halogens is 1. The molecule has 0 rings (SSSR count). The lowest BCUT2D eigenvalue weighted by Gasteiger charge is -2.01. The third kappa shape index (κ3) is 2.78. The van der Waals surface area contributed by atoms with Gasteiger partial charge in [-0.2, -0.15) is 0 Å². The second-order valence-electron chi connectivity index (χ2n) is 1.98. The first-order valence-electron chi connectivity index (χ1n) is 3.38. The number of rotatable bonds is 3. The summed E-state index contributed by atoms with van der Waals surface area (Å²) in [6, 6.07) is 0. The smallest absolute Gasteiger partial charge is 0.123 e. The van der Waals surface area contributed by atoms with Gasteiger partial charge in [0.15, 0.2) is 0 Å². The fourth-order valence-electron chi connectivity index (χ4n) is 0.700. The fourth-order valence-corrected chi connectivity index (χ4v) is 0.700. The molecule has 0 heterocycles. The van der Waals surface area contributed by atoms with Crippen molar-refractivity contribution in [3.8, 4) is 0 Å². The van der Waals surface area contributed by atoms with Crippen LogP contribution >= 0.6 is 0 Å². The minimum Gasteiger partial charge on any atom is -0.316 e. The van der Waals surface area contributed by atoms with Gasteiger partial charge in [0.2, 0.25) is 0 Å². The molecule has 0 aliphatic rings. The first kappa shape index (κ1) is 9.37. The number of likely N-dealkylation sites (N-methyl/N-ethyl adjacent to an activating group) is 1. The monoisotopic (exact) mass is 143 g/mol. The van der Waals surface area contributed by atoms with Crippen LogP contribution in [0.15, 0.2) is 23.6 Å². The predicted molar refractivity (Wildman–Crippen MR) is 42.5 cm³/mol. The zero-order valence-corrected chi connectivity index (χ0v) is 6.74. The molecule has 1 nitrogen and oxygen atoms in total. The Kier molecular flexibility index (Phi) is 4.85. The first-order valence-corrected chi connectivity index (χ1v) is 3.38. The normalized spacial score (nSPS) is 14.0. The second-order valence-corrected chi connectivity index (χ2v) is 1.98. The molecule has 0 aromatic heterocycles. The van der Waals surface area contributed by atoms with Crippen LogP contribution in [0.2, 0.25) is 0 Å². The maximum atomic E-state index is 12.7. The molecule has 0 saturated heterocycles. The Bertz CT molecular complexity index is 147. The Labute approximate surface area is 61.6 Å². The highest BCUT2D eigenvalue weighted by Crippen LogP contribution is 2.08. The summed E-state index contributed by atoms with van der Waals surface area (Å²) in [7, 11) is 1.80. The van der Waals surface area contributed by atoms with Gasteiger partial charge >= 0.3 is 0 Å². The van der Waals surface area contributed by atoms with E-state index >= 15 is 0 Å². The van der Waals surface area contributed by atoms with Crippen molar-refractivity contribution in [1.29, 1.82) is 0 Å². The lowest BCUT2D eigenvalue weighted by Crippen LogP contribution is -2.10. The molecule has 0 radical (unpaired) electrons. The number of nitrogens with one attached hydrogen (secondary N) is 1. The highest BCUT2D eigenvalue weighted by atomic mass is 19.1. The van der Waals surface area contributed by atoms with Gasteiger partial charge < -0.3 is 5.32 Å². The lowest BCUT2D eigenvalue weighted by molar-refractivity contribution is 0.636. The van der Waals surface area contributed by atoms with E-state index in [9.17, 15) is 4.39 Å². The van der Waals surface area contributed by atoms with Crippen molar-refractivity contribution in [2.24, 2.45) is 0 Å². The van der Waals surface area contributed by atoms with Gasteiger partial charge in [0.05, 0.1) is 0 Å². The van der Waals surface area contributed by atoms with Crippen LogP contribution in [0.3, 0.4) is 0 Å². The van der Waals surface area contributed by atoms with Gasteiger partial charge in [0, 0.05) is 6.54 Å². The molecule has 0 atom stereocenters. The Hall–Kier alpha value is -0.630. The van der Waals surface area contributed by atoms with Gasteiger partial charge in [-0.15, -0.1) is 0 Å². The Balaban J connectivity index is 4.09. The molecule has 0 amide bonds. The molecule has 0 aromatic rings. The SMILES string of the molecule is C/C=C(CNC)\C(F)=C/C. The van der Waals surface area contributed by atoms with E-state index in [1.54, 1.807) is 20.0 Å². The average molecular weight is 143 g/mol. The van der Waals surface area contributed by atoms with E-state index in [0.29, 0.717) is 12.1 Å². The summed E-state index contributed by atoms with van der Waals surface area (Å²) < 4.78 is 12.7. The second kappa shape index (κ2) is 5.18. The summed E-state index contributed by atoms with van der Waals surface area (Å²) in [5, 5.41) is 2.88. The summed E-state index contributed by atoms with van der Waals surface area (Å²) in [5.41, 5.74) is 0.713. The average Bonchev–Trinajstić information content (AvgIpc) is 1.99. The Morgan fingerprint density at radius 1 is 1.40 bits per heavy atom. The molecule has 1 N–H and O–H groups in total. The summed E-state index contributed by atoms with van der Waals surface area (Å²) in [5.74, 6) is -0.142. The van der Waals surface area contributed by atoms with Gasteiger partial charge in [-0.05, 0) is 26.5 Å². The van der Waals surface area contributed by atoms with Crippen LogP contribution in [0.1, 0.15) is 13.8 Å². The molecule has 10 heavy (non-hydrogen) atoms. The van der Waals surface area contributed by atoms with E-state index in [1.807, 2.05) is 6.92 Å². The molecule has 0 fully saturated rings. The summed E-state index contributed by atoms with van der Waals surface area (Å²) in [6.45, 7) is 4.11. The van der Waals surface area contributed by atoms with Gasteiger partial charge in [-0.3, -0.25) is 0 Å². The van der Waals surface area contributed by atoms with Gasteiger partial charge in [-0.1, -0.05) is 12.2 Å². The quantitative estimate of drug-likeness (QED) is 0.596. The highest BCUT2D eigenvalue weighted by Gasteiger charge is 1.98. The number of allylic oxidation sites excluding steroid dienone is 2. The van der Waals surface area contributed by atoms with Crippen molar-refractivity contribution in [2.75, 3.05) is 13.6 Å². The van der Waals surface area contributed by atoms with E-state index < -0.39 is 0 Å². The van der Waals surface area contributed by atoms with Gasteiger partial charge in [0.25, 0.3) is 0 Å². The van der Waals surface area contributed by atoms with E-state index in [0.717, 1.165) is 0 Å². The third-order valence-electron chi connectivity index (χ3n) is 1.28. The lowest BCUT2D eigenvalue weighted by atomic mass is 10.2. The molecule has 0 unspecified atom stereocenters. The van der Waals surface area contributed by atoms with E-state index in [4.69, 9.17) is 0 Å². The van der Waals surface area contributed by atoms with Crippen LogP contribution < -0.4 is 5.32 Å². The molecule has 58 valence electrons.